The summed E-state index contributed by atoms with van der Waals surface area (Å²) in [5.41, 5.74) is -0.287. The topological polar surface area (TPSA) is 40.6 Å². The number of rotatable bonds is 4. The highest BCUT2D eigenvalue weighted by molar-refractivity contribution is 7.99. The average Bonchev–Trinajstić information content (AvgIpc) is 2.61. The van der Waals surface area contributed by atoms with Crippen LogP contribution in [0.2, 0.25) is 0 Å². The lowest BCUT2D eigenvalue weighted by Crippen LogP contribution is -2.63. The van der Waals surface area contributed by atoms with Gasteiger partial charge in [-0.2, -0.15) is 11.8 Å². The number of thioether (sulfide) groups is 1. The third-order valence-corrected chi connectivity index (χ3v) is 7.08. The number of carbonyl (C=O) groups excluding carboxylic acids is 2. The van der Waals surface area contributed by atoms with Gasteiger partial charge in [0, 0.05) is 43.6 Å². The van der Waals surface area contributed by atoms with E-state index in [1.807, 2.05) is 11.8 Å². The molecule has 0 radical (unpaired) electrons. The summed E-state index contributed by atoms with van der Waals surface area (Å²) < 4.78 is 0. The molecule has 1 aliphatic carbocycles. The van der Waals surface area contributed by atoms with Crippen LogP contribution in [0, 0.1) is 11.3 Å². The molecule has 4 nitrogen and oxygen atoms in total. The highest BCUT2D eigenvalue weighted by Crippen LogP contribution is 2.48. The summed E-state index contributed by atoms with van der Waals surface area (Å²) in [6, 6.07) is 0.147. The number of amides is 2. The molecule has 0 unspecified atom stereocenters. The zero-order valence-electron chi connectivity index (χ0n) is 15.3. The van der Waals surface area contributed by atoms with E-state index in [1.165, 1.54) is 0 Å². The maximum Gasteiger partial charge on any atom is 0.230 e. The van der Waals surface area contributed by atoms with Gasteiger partial charge >= 0.3 is 0 Å². The summed E-state index contributed by atoms with van der Waals surface area (Å²) in [5, 5.41) is 0. The number of hydrogen-bond acceptors (Lipinski definition) is 3. The molecule has 0 N–H and O–H groups in total. The van der Waals surface area contributed by atoms with Crippen LogP contribution >= 0.6 is 11.8 Å². The van der Waals surface area contributed by atoms with Gasteiger partial charge in [-0.1, -0.05) is 26.7 Å². The molecule has 2 heterocycles. The Morgan fingerprint density at radius 1 is 1.25 bits per heavy atom. The molecular formula is C19H32N2O2S. The van der Waals surface area contributed by atoms with Gasteiger partial charge in [-0.15, -0.1) is 0 Å². The second-order valence-corrected chi connectivity index (χ2v) is 9.32. The molecule has 2 amide bonds. The first-order chi connectivity index (χ1) is 11.5. The number of carbonyl (C=O) groups is 2. The van der Waals surface area contributed by atoms with Crippen molar-refractivity contribution < 1.29 is 9.59 Å². The van der Waals surface area contributed by atoms with Crippen LogP contribution in [0.1, 0.15) is 58.8 Å². The van der Waals surface area contributed by atoms with E-state index in [0.717, 1.165) is 69.7 Å². The van der Waals surface area contributed by atoms with E-state index < -0.39 is 0 Å². The minimum Gasteiger partial charge on any atom is -0.340 e. The van der Waals surface area contributed by atoms with Crippen LogP contribution in [-0.4, -0.2) is 58.8 Å². The fourth-order valence-electron chi connectivity index (χ4n) is 4.73. The summed E-state index contributed by atoms with van der Waals surface area (Å²) in [6.07, 6.45) is 6.65. The van der Waals surface area contributed by atoms with E-state index in [2.05, 4.69) is 23.6 Å². The molecule has 1 saturated carbocycles. The molecule has 0 aromatic rings. The maximum absolute atomic E-state index is 13.5. The first-order valence-corrected chi connectivity index (χ1v) is 10.9. The number of nitrogens with zero attached hydrogens (tertiary/aromatic N) is 2. The minimum atomic E-state index is -0.287. The second-order valence-electron chi connectivity index (χ2n) is 8.09. The molecule has 2 atom stereocenters. The van der Waals surface area contributed by atoms with Gasteiger partial charge in [-0.25, -0.2) is 0 Å². The molecule has 0 aromatic heterocycles. The zero-order valence-corrected chi connectivity index (χ0v) is 16.1. The zero-order chi connectivity index (χ0) is 17.2. The summed E-state index contributed by atoms with van der Waals surface area (Å²) >= 11 is 1.94. The van der Waals surface area contributed by atoms with Crippen LogP contribution in [0.4, 0.5) is 0 Å². The predicted octanol–water partition coefficient (Wildman–Crippen LogP) is 3.16. The minimum absolute atomic E-state index is 0.147. The van der Waals surface area contributed by atoms with Crippen molar-refractivity contribution in [3.63, 3.8) is 0 Å². The summed E-state index contributed by atoms with van der Waals surface area (Å²) in [6.45, 7) is 7.01. The molecular weight excluding hydrogens is 320 g/mol. The molecule has 136 valence electrons. The molecule has 0 spiro atoms. The fourth-order valence-corrected chi connectivity index (χ4v) is 5.63. The molecule has 0 bridgehead atoms. The fraction of sp³-hybridized carbons (Fsp3) is 0.895. The average molecular weight is 353 g/mol. The highest BCUT2D eigenvalue weighted by Gasteiger charge is 2.54. The predicted molar refractivity (Wildman–Crippen MR) is 99.0 cm³/mol. The first-order valence-electron chi connectivity index (χ1n) is 9.71. The van der Waals surface area contributed by atoms with Crippen LogP contribution in [0.15, 0.2) is 0 Å². The van der Waals surface area contributed by atoms with E-state index in [4.69, 9.17) is 0 Å². The Morgan fingerprint density at radius 3 is 2.71 bits per heavy atom. The van der Waals surface area contributed by atoms with Crippen molar-refractivity contribution in [3.05, 3.63) is 0 Å². The molecule has 3 aliphatic rings. The van der Waals surface area contributed by atoms with Crippen LogP contribution in [0.25, 0.3) is 0 Å². The monoisotopic (exact) mass is 352 g/mol. The van der Waals surface area contributed by atoms with E-state index in [-0.39, 0.29) is 17.4 Å². The van der Waals surface area contributed by atoms with Crippen molar-refractivity contribution in [2.45, 2.75) is 64.8 Å². The number of likely N-dealkylation sites (tertiary alicyclic amines) is 1. The Labute approximate surface area is 150 Å². The van der Waals surface area contributed by atoms with Gasteiger partial charge in [0.25, 0.3) is 0 Å². The van der Waals surface area contributed by atoms with Crippen molar-refractivity contribution in [1.29, 1.82) is 0 Å². The Bertz CT molecular complexity index is 476. The lowest BCUT2D eigenvalue weighted by Gasteiger charge is -2.53. The van der Waals surface area contributed by atoms with Crippen LogP contribution in [0.3, 0.4) is 0 Å². The lowest BCUT2D eigenvalue weighted by molar-refractivity contribution is -0.161. The Hall–Kier alpha value is -0.710. The highest BCUT2D eigenvalue weighted by atomic mass is 32.2. The summed E-state index contributed by atoms with van der Waals surface area (Å²) in [4.78, 5) is 30.3. The molecule has 2 saturated heterocycles. The van der Waals surface area contributed by atoms with Gasteiger partial charge in [0.1, 0.15) is 0 Å². The van der Waals surface area contributed by atoms with Crippen LogP contribution < -0.4 is 0 Å². The molecule has 3 rings (SSSR count). The Balaban J connectivity index is 1.82. The Morgan fingerprint density at radius 2 is 2.00 bits per heavy atom. The molecule has 2 aliphatic heterocycles. The standard InChI is InChI=1S/C19H32N2O2S/c1-15(2)7-10-21-16-5-3-4-8-19(16,9-6-17(21)22)18(23)20-11-13-24-14-12-20/h15-16H,3-14H2,1-2H3/t16-,19-/m1/s1. The van der Waals surface area contributed by atoms with Crippen molar-refractivity contribution >= 4 is 23.6 Å². The van der Waals surface area contributed by atoms with Crippen molar-refractivity contribution in [2.75, 3.05) is 31.1 Å². The van der Waals surface area contributed by atoms with E-state index in [1.54, 1.807) is 0 Å². The van der Waals surface area contributed by atoms with E-state index >= 15 is 0 Å². The van der Waals surface area contributed by atoms with E-state index in [0.29, 0.717) is 18.2 Å². The van der Waals surface area contributed by atoms with Gasteiger partial charge in [-0.3, -0.25) is 9.59 Å². The first kappa shape index (κ1) is 18.1. The van der Waals surface area contributed by atoms with Crippen molar-refractivity contribution in [3.8, 4) is 0 Å². The number of hydrogen-bond donors (Lipinski definition) is 0. The SMILES string of the molecule is CC(C)CCN1C(=O)CC[C@]2(C(=O)N3CCSCC3)CCCC[C@@H]12. The van der Waals surface area contributed by atoms with Crippen LogP contribution in [-0.2, 0) is 9.59 Å². The molecule has 0 aromatic carbocycles. The normalized spacial score (nSPS) is 31.3. The second kappa shape index (κ2) is 7.67. The molecule has 5 heteroatoms. The van der Waals surface area contributed by atoms with Gasteiger partial charge in [0.05, 0.1) is 5.41 Å². The largest absolute Gasteiger partial charge is 0.340 e. The quantitative estimate of drug-likeness (QED) is 0.780. The van der Waals surface area contributed by atoms with Gasteiger partial charge < -0.3 is 9.80 Å². The lowest BCUT2D eigenvalue weighted by atomic mass is 9.64. The third-order valence-electron chi connectivity index (χ3n) is 6.14. The third kappa shape index (κ3) is 3.47. The summed E-state index contributed by atoms with van der Waals surface area (Å²) in [7, 11) is 0. The van der Waals surface area contributed by atoms with Crippen LogP contribution in [0.5, 0.6) is 0 Å². The van der Waals surface area contributed by atoms with Gasteiger partial charge in [0.2, 0.25) is 11.8 Å². The summed E-state index contributed by atoms with van der Waals surface area (Å²) in [5.74, 6) is 3.34. The molecule has 24 heavy (non-hydrogen) atoms. The Kier molecular flexibility index (Phi) is 5.78. The van der Waals surface area contributed by atoms with E-state index in [9.17, 15) is 9.59 Å². The number of fused-ring (bicyclic) bond motifs is 1. The maximum atomic E-state index is 13.5. The smallest absolute Gasteiger partial charge is 0.230 e. The van der Waals surface area contributed by atoms with Gasteiger partial charge in [0.15, 0.2) is 0 Å². The van der Waals surface area contributed by atoms with Gasteiger partial charge in [-0.05, 0) is 31.6 Å². The number of piperidine rings is 1. The molecule has 3 fully saturated rings. The van der Waals surface area contributed by atoms with Crippen molar-refractivity contribution in [2.24, 2.45) is 11.3 Å². The van der Waals surface area contributed by atoms with Crippen molar-refractivity contribution in [1.82, 2.24) is 9.80 Å².